The molecule has 0 aromatic heterocycles. The minimum Gasteiger partial charge on any atom is -0.494 e. The van der Waals surface area contributed by atoms with Gasteiger partial charge in [-0.25, -0.2) is 0 Å². The molecule has 0 atom stereocenters. The summed E-state index contributed by atoms with van der Waals surface area (Å²) in [6.45, 7) is 2.37. The third-order valence-corrected chi connectivity index (χ3v) is 3.91. The molecule has 0 aliphatic carbocycles. The van der Waals surface area contributed by atoms with Crippen LogP contribution in [0.2, 0.25) is 0 Å². The first-order valence-electron chi connectivity index (χ1n) is 9.28. The third kappa shape index (κ3) is 10.1. The lowest BCUT2D eigenvalue weighted by Gasteiger charge is -2.13. The van der Waals surface area contributed by atoms with Gasteiger partial charge in [0, 0.05) is 20.1 Å². The van der Waals surface area contributed by atoms with Gasteiger partial charge < -0.3 is 20.1 Å². The Hall–Kier alpha value is -2.01. The van der Waals surface area contributed by atoms with Crippen LogP contribution in [0.25, 0.3) is 0 Å². The zero-order valence-electron chi connectivity index (χ0n) is 17.0. The number of hydrogen-bond donors (Lipinski definition) is 2. The number of guanidine groups is 1. The van der Waals surface area contributed by atoms with Crippen LogP contribution in [0.4, 0.5) is 13.2 Å². The summed E-state index contributed by atoms with van der Waals surface area (Å²) < 4.78 is 46.5. The highest BCUT2D eigenvalue weighted by Crippen LogP contribution is 2.16. The number of aliphatic imine (C=N–C) groups is 1. The van der Waals surface area contributed by atoms with E-state index < -0.39 is 12.8 Å². The Kier molecular flexibility index (Phi) is 11.6. The van der Waals surface area contributed by atoms with E-state index in [1.54, 1.807) is 19.2 Å². The standard InChI is InChI=1S/C21H26F3N3O2.HI/c1-3-29-19-6-4-5-18(11-19)13-27-20(25-2)26-12-16-7-9-17(10-8-16)14-28-15-21(22,23)24;/h4-11H,3,12-15H2,1-2H3,(H2,25,26,27);1H. The zero-order chi connectivity index (χ0) is 21.1. The summed E-state index contributed by atoms with van der Waals surface area (Å²) in [6.07, 6.45) is -4.31. The molecule has 2 aromatic carbocycles. The molecule has 30 heavy (non-hydrogen) atoms. The lowest BCUT2D eigenvalue weighted by Crippen LogP contribution is -2.36. The van der Waals surface area contributed by atoms with E-state index in [1.165, 1.54) is 0 Å². The Labute approximate surface area is 192 Å². The summed E-state index contributed by atoms with van der Waals surface area (Å²) in [5.41, 5.74) is 2.74. The summed E-state index contributed by atoms with van der Waals surface area (Å²) in [5.74, 6) is 1.47. The predicted octanol–water partition coefficient (Wildman–Crippen LogP) is 4.65. The van der Waals surface area contributed by atoms with Crippen LogP contribution in [0, 0.1) is 0 Å². The van der Waals surface area contributed by atoms with E-state index >= 15 is 0 Å². The second-order valence-corrected chi connectivity index (χ2v) is 6.28. The summed E-state index contributed by atoms with van der Waals surface area (Å²) in [7, 11) is 1.69. The van der Waals surface area contributed by atoms with E-state index in [9.17, 15) is 13.2 Å². The largest absolute Gasteiger partial charge is 0.494 e. The quantitative estimate of drug-likeness (QED) is 0.278. The molecule has 166 valence electrons. The molecule has 2 N–H and O–H groups in total. The first kappa shape index (κ1) is 26.0. The number of ether oxygens (including phenoxy) is 2. The number of benzene rings is 2. The number of nitrogens with zero attached hydrogens (tertiary/aromatic N) is 1. The molecule has 2 aromatic rings. The van der Waals surface area contributed by atoms with Crippen LogP contribution >= 0.6 is 24.0 Å². The van der Waals surface area contributed by atoms with Gasteiger partial charge in [-0.05, 0) is 35.7 Å². The van der Waals surface area contributed by atoms with Crippen LogP contribution in [-0.4, -0.2) is 32.4 Å². The third-order valence-electron chi connectivity index (χ3n) is 3.91. The zero-order valence-corrected chi connectivity index (χ0v) is 19.3. The fourth-order valence-corrected chi connectivity index (χ4v) is 2.54. The Bertz CT molecular complexity index is 784. The molecule has 9 heteroatoms. The molecular weight excluding hydrogens is 510 g/mol. The number of hydrogen-bond acceptors (Lipinski definition) is 3. The smallest absolute Gasteiger partial charge is 0.411 e. The van der Waals surface area contributed by atoms with Crippen molar-refractivity contribution >= 4 is 29.9 Å². The van der Waals surface area contributed by atoms with Gasteiger partial charge in [0.25, 0.3) is 0 Å². The Morgan fingerprint density at radius 1 is 0.967 bits per heavy atom. The van der Waals surface area contributed by atoms with Crippen LogP contribution in [0.15, 0.2) is 53.5 Å². The molecule has 0 radical (unpaired) electrons. The maximum atomic E-state index is 12.1. The highest BCUT2D eigenvalue weighted by molar-refractivity contribution is 14.0. The molecule has 0 bridgehead atoms. The van der Waals surface area contributed by atoms with E-state index in [-0.39, 0.29) is 30.6 Å². The topological polar surface area (TPSA) is 54.9 Å². The molecule has 0 aliphatic rings. The number of alkyl halides is 3. The number of rotatable bonds is 9. The second-order valence-electron chi connectivity index (χ2n) is 6.28. The van der Waals surface area contributed by atoms with Crippen molar-refractivity contribution in [3.8, 4) is 5.75 Å². The highest BCUT2D eigenvalue weighted by atomic mass is 127. The highest BCUT2D eigenvalue weighted by Gasteiger charge is 2.27. The Morgan fingerprint density at radius 3 is 2.20 bits per heavy atom. The lowest BCUT2D eigenvalue weighted by atomic mass is 10.1. The van der Waals surface area contributed by atoms with E-state index in [1.807, 2.05) is 43.3 Å². The van der Waals surface area contributed by atoms with Crippen molar-refractivity contribution in [2.24, 2.45) is 4.99 Å². The first-order chi connectivity index (χ1) is 13.9. The molecule has 0 saturated heterocycles. The lowest BCUT2D eigenvalue weighted by molar-refractivity contribution is -0.176. The van der Waals surface area contributed by atoms with Gasteiger partial charge in [0.1, 0.15) is 12.4 Å². The van der Waals surface area contributed by atoms with Crippen molar-refractivity contribution in [1.29, 1.82) is 0 Å². The average Bonchev–Trinajstić information content (AvgIpc) is 2.69. The van der Waals surface area contributed by atoms with Crippen LogP contribution in [-0.2, 0) is 24.4 Å². The van der Waals surface area contributed by atoms with Crippen molar-refractivity contribution in [3.63, 3.8) is 0 Å². The SMILES string of the molecule is CCOc1cccc(CNC(=NC)NCc2ccc(COCC(F)(F)F)cc2)c1.I. The summed E-state index contributed by atoms with van der Waals surface area (Å²) in [6, 6.07) is 15.0. The molecule has 0 heterocycles. The fraction of sp³-hybridized carbons (Fsp3) is 0.381. The molecule has 0 amide bonds. The Balaban J connectivity index is 0.00000450. The monoisotopic (exact) mass is 537 g/mol. The average molecular weight is 537 g/mol. The summed E-state index contributed by atoms with van der Waals surface area (Å²) >= 11 is 0. The number of halogens is 4. The van der Waals surface area contributed by atoms with Gasteiger partial charge in [0.2, 0.25) is 0 Å². The normalized spacial score (nSPS) is 11.6. The van der Waals surface area contributed by atoms with E-state index in [0.29, 0.717) is 31.2 Å². The van der Waals surface area contributed by atoms with Crippen molar-refractivity contribution in [2.45, 2.75) is 32.8 Å². The van der Waals surface area contributed by atoms with Gasteiger partial charge in [-0.2, -0.15) is 13.2 Å². The molecule has 0 spiro atoms. The minimum atomic E-state index is -4.31. The maximum Gasteiger partial charge on any atom is 0.411 e. The van der Waals surface area contributed by atoms with Crippen LogP contribution < -0.4 is 15.4 Å². The summed E-state index contributed by atoms with van der Waals surface area (Å²) in [5, 5.41) is 6.44. The molecule has 5 nitrogen and oxygen atoms in total. The van der Waals surface area contributed by atoms with Gasteiger partial charge >= 0.3 is 6.18 Å². The maximum absolute atomic E-state index is 12.1. The molecule has 0 saturated carbocycles. The fourth-order valence-electron chi connectivity index (χ4n) is 2.54. The van der Waals surface area contributed by atoms with Crippen LogP contribution in [0.3, 0.4) is 0 Å². The van der Waals surface area contributed by atoms with Crippen molar-refractivity contribution in [3.05, 3.63) is 65.2 Å². The minimum absolute atomic E-state index is 0. The van der Waals surface area contributed by atoms with Gasteiger partial charge in [0.15, 0.2) is 5.96 Å². The van der Waals surface area contributed by atoms with Crippen molar-refractivity contribution < 1.29 is 22.6 Å². The molecule has 0 fully saturated rings. The van der Waals surface area contributed by atoms with E-state index in [4.69, 9.17) is 4.74 Å². The van der Waals surface area contributed by atoms with Crippen molar-refractivity contribution in [1.82, 2.24) is 10.6 Å². The Morgan fingerprint density at radius 2 is 1.60 bits per heavy atom. The number of nitrogens with one attached hydrogen (secondary N) is 2. The molecule has 0 aliphatic heterocycles. The summed E-state index contributed by atoms with van der Waals surface area (Å²) in [4.78, 5) is 4.19. The first-order valence-corrected chi connectivity index (χ1v) is 9.28. The van der Waals surface area contributed by atoms with Crippen molar-refractivity contribution in [2.75, 3.05) is 20.3 Å². The predicted molar refractivity (Wildman–Crippen MR) is 122 cm³/mol. The van der Waals surface area contributed by atoms with Gasteiger partial charge in [-0.1, -0.05) is 36.4 Å². The molecule has 0 unspecified atom stereocenters. The van der Waals surface area contributed by atoms with Crippen LogP contribution in [0.1, 0.15) is 23.6 Å². The second kappa shape index (κ2) is 13.3. The molecule has 2 rings (SSSR count). The van der Waals surface area contributed by atoms with Crippen LogP contribution in [0.5, 0.6) is 5.75 Å². The van der Waals surface area contributed by atoms with Gasteiger partial charge in [0.05, 0.1) is 13.2 Å². The van der Waals surface area contributed by atoms with E-state index in [2.05, 4.69) is 20.4 Å². The van der Waals surface area contributed by atoms with Gasteiger partial charge in [-0.3, -0.25) is 4.99 Å². The van der Waals surface area contributed by atoms with E-state index in [0.717, 1.165) is 16.9 Å². The van der Waals surface area contributed by atoms with Gasteiger partial charge in [-0.15, -0.1) is 24.0 Å². The molecular formula is C21H27F3IN3O2.